The van der Waals surface area contributed by atoms with E-state index in [2.05, 4.69) is 33.9 Å². The highest BCUT2D eigenvalue weighted by Crippen LogP contribution is 2.27. The summed E-state index contributed by atoms with van der Waals surface area (Å²) in [6, 6.07) is 11.2. The summed E-state index contributed by atoms with van der Waals surface area (Å²) in [5.41, 5.74) is 3.20. The van der Waals surface area contributed by atoms with Gasteiger partial charge in [0.15, 0.2) is 0 Å². The molecule has 0 bridgehead atoms. The number of fused-ring (bicyclic) bond motifs is 1. The zero-order valence-electron chi connectivity index (χ0n) is 9.76. The fraction of sp³-hybridized carbons (Fsp3) is 0.0714. The molecule has 3 nitrogen and oxygen atoms in total. The van der Waals surface area contributed by atoms with Crippen LogP contribution in [0.3, 0.4) is 0 Å². The summed E-state index contributed by atoms with van der Waals surface area (Å²) < 4.78 is 2.86. The molecule has 2 aromatic heterocycles. The van der Waals surface area contributed by atoms with Crippen LogP contribution in [0, 0.1) is 6.92 Å². The van der Waals surface area contributed by atoms with Gasteiger partial charge in [-0.1, -0.05) is 0 Å². The number of hydrogen-bond donors (Lipinski definition) is 1. The average molecular weight is 303 g/mol. The van der Waals surface area contributed by atoms with Crippen molar-refractivity contribution in [2.24, 2.45) is 0 Å². The summed E-state index contributed by atoms with van der Waals surface area (Å²) in [7, 11) is 0. The van der Waals surface area contributed by atoms with Crippen LogP contribution in [0.5, 0.6) is 5.75 Å². The molecule has 0 atom stereocenters. The fourth-order valence-corrected chi connectivity index (χ4v) is 2.44. The number of halogens is 1. The largest absolute Gasteiger partial charge is 0.508 e. The molecule has 0 aliphatic carbocycles. The third-order valence-electron chi connectivity index (χ3n) is 2.88. The SMILES string of the molecule is Cc1ccn2c(-c3ccc(O)cc3)nc(Br)c2c1. The van der Waals surface area contributed by atoms with Gasteiger partial charge in [-0.3, -0.25) is 4.40 Å². The van der Waals surface area contributed by atoms with Gasteiger partial charge in [-0.15, -0.1) is 0 Å². The molecule has 0 radical (unpaired) electrons. The number of aromatic hydroxyl groups is 1. The number of phenols is 1. The number of pyridine rings is 1. The van der Waals surface area contributed by atoms with Crippen molar-refractivity contribution in [3.05, 3.63) is 52.8 Å². The number of aryl methyl sites for hydroxylation is 1. The molecule has 0 fully saturated rings. The summed E-state index contributed by atoms with van der Waals surface area (Å²) in [5.74, 6) is 1.12. The van der Waals surface area contributed by atoms with Crippen LogP contribution in [-0.2, 0) is 0 Å². The second-order valence-electron chi connectivity index (χ2n) is 4.23. The highest BCUT2D eigenvalue weighted by molar-refractivity contribution is 9.10. The highest BCUT2D eigenvalue weighted by Gasteiger charge is 2.10. The predicted molar refractivity (Wildman–Crippen MR) is 74.7 cm³/mol. The molecule has 0 saturated carbocycles. The molecule has 1 N–H and O–H groups in total. The van der Waals surface area contributed by atoms with Gasteiger partial charge in [0, 0.05) is 11.8 Å². The Morgan fingerprint density at radius 3 is 2.61 bits per heavy atom. The number of hydrogen-bond acceptors (Lipinski definition) is 2. The van der Waals surface area contributed by atoms with E-state index in [1.165, 1.54) is 5.56 Å². The topological polar surface area (TPSA) is 37.5 Å². The third kappa shape index (κ3) is 1.78. The lowest BCUT2D eigenvalue weighted by Crippen LogP contribution is -1.89. The molecule has 0 amide bonds. The van der Waals surface area contributed by atoms with Gasteiger partial charge in [0.25, 0.3) is 0 Å². The Kier molecular flexibility index (Phi) is 2.59. The van der Waals surface area contributed by atoms with E-state index < -0.39 is 0 Å². The first-order valence-electron chi connectivity index (χ1n) is 5.59. The lowest BCUT2D eigenvalue weighted by molar-refractivity contribution is 0.475. The molecule has 90 valence electrons. The van der Waals surface area contributed by atoms with Crippen molar-refractivity contribution < 1.29 is 5.11 Å². The number of nitrogens with zero attached hydrogens (tertiary/aromatic N) is 2. The first kappa shape index (κ1) is 11.3. The summed E-state index contributed by atoms with van der Waals surface area (Å²) in [4.78, 5) is 4.53. The molecule has 18 heavy (non-hydrogen) atoms. The Labute approximate surface area is 113 Å². The molecule has 3 rings (SSSR count). The second kappa shape index (κ2) is 4.14. The summed E-state index contributed by atoms with van der Waals surface area (Å²) in [6.45, 7) is 2.06. The van der Waals surface area contributed by atoms with E-state index in [4.69, 9.17) is 0 Å². The zero-order valence-corrected chi connectivity index (χ0v) is 11.3. The molecular weight excluding hydrogens is 292 g/mol. The predicted octanol–water partition coefficient (Wildman–Crippen LogP) is 3.78. The van der Waals surface area contributed by atoms with E-state index in [1.807, 2.05) is 28.8 Å². The van der Waals surface area contributed by atoms with Crippen LogP contribution in [0.4, 0.5) is 0 Å². The van der Waals surface area contributed by atoms with Gasteiger partial charge in [0.1, 0.15) is 16.2 Å². The number of aromatic nitrogens is 2. The Hall–Kier alpha value is -1.81. The molecule has 0 unspecified atom stereocenters. The Balaban J connectivity index is 2.26. The van der Waals surface area contributed by atoms with Crippen molar-refractivity contribution in [1.82, 2.24) is 9.38 Å². The standard InChI is InChI=1S/C14H11BrN2O/c1-9-6-7-17-12(8-9)13(15)16-14(17)10-2-4-11(18)5-3-10/h2-8,18H,1H3. The van der Waals surface area contributed by atoms with Crippen molar-refractivity contribution in [1.29, 1.82) is 0 Å². The fourth-order valence-electron chi connectivity index (χ4n) is 1.97. The minimum absolute atomic E-state index is 0.259. The van der Waals surface area contributed by atoms with Crippen LogP contribution in [-0.4, -0.2) is 14.5 Å². The lowest BCUT2D eigenvalue weighted by Gasteiger charge is -2.02. The molecule has 0 saturated heterocycles. The van der Waals surface area contributed by atoms with E-state index in [0.717, 1.165) is 21.5 Å². The van der Waals surface area contributed by atoms with E-state index in [-0.39, 0.29) is 5.75 Å². The quantitative estimate of drug-likeness (QED) is 0.743. The van der Waals surface area contributed by atoms with Gasteiger partial charge in [-0.2, -0.15) is 0 Å². The van der Waals surface area contributed by atoms with Crippen molar-refractivity contribution >= 4 is 21.4 Å². The van der Waals surface area contributed by atoms with Gasteiger partial charge in [0.05, 0.1) is 5.52 Å². The Bertz CT molecular complexity index is 716. The monoisotopic (exact) mass is 302 g/mol. The third-order valence-corrected chi connectivity index (χ3v) is 3.46. The summed E-state index contributed by atoms with van der Waals surface area (Å²) >= 11 is 3.48. The van der Waals surface area contributed by atoms with Gasteiger partial charge in [-0.25, -0.2) is 4.98 Å². The summed E-state index contributed by atoms with van der Waals surface area (Å²) in [6.07, 6.45) is 2.00. The Morgan fingerprint density at radius 2 is 1.89 bits per heavy atom. The number of imidazole rings is 1. The van der Waals surface area contributed by atoms with Gasteiger partial charge in [0.2, 0.25) is 0 Å². The normalized spacial score (nSPS) is 11.0. The molecule has 4 heteroatoms. The van der Waals surface area contributed by atoms with Crippen LogP contribution in [0.1, 0.15) is 5.56 Å². The van der Waals surface area contributed by atoms with Crippen LogP contribution in [0.15, 0.2) is 47.2 Å². The maximum Gasteiger partial charge on any atom is 0.145 e. The highest BCUT2D eigenvalue weighted by atomic mass is 79.9. The van der Waals surface area contributed by atoms with Crippen LogP contribution < -0.4 is 0 Å². The molecular formula is C14H11BrN2O. The molecule has 3 aromatic rings. The molecule has 0 aliphatic rings. The first-order chi connectivity index (χ1) is 8.65. The minimum atomic E-state index is 0.259. The van der Waals surface area contributed by atoms with Crippen molar-refractivity contribution in [2.75, 3.05) is 0 Å². The first-order valence-corrected chi connectivity index (χ1v) is 6.38. The van der Waals surface area contributed by atoms with Crippen LogP contribution >= 0.6 is 15.9 Å². The number of phenolic OH excluding ortho intramolecular Hbond substituents is 1. The van der Waals surface area contributed by atoms with E-state index in [1.54, 1.807) is 12.1 Å². The number of benzene rings is 1. The summed E-state index contributed by atoms with van der Waals surface area (Å²) in [5, 5.41) is 9.32. The smallest absolute Gasteiger partial charge is 0.145 e. The second-order valence-corrected chi connectivity index (χ2v) is 4.98. The molecule has 2 heterocycles. The van der Waals surface area contributed by atoms with Crippen molar-refractivity contribution in [2.45, 2.75) is 6.92 Å². The van der Waals surface area contributed by atoms with Gasteiger partial charge < -0.3 is 5.11 Å². The Morgan fingerprint density at radius 1 is 1.17 bits per heavy atom. The van der Waals surface area contributed by atoms with E-state index in [0.29, 0.717) is 0 Å². The van der Waals surface area contributed by atoms with E-state index >= 15 is 0 Å². The van der Waals surface area contributed by atoms with E-state index in [9.17, 15) is 5.11 Å². The van der Waals surface area contributed by atoms with Crippen molar-refractivity contribution in [3.8, 4) is 17.1 Å². The van der Waals surface area contributed by atoms with Gasteiger partial charge >= 0.3 is 0 Å². The van der Waals surface area contributed by atoms with Gasteiger partial charge in [-0.05, 0) is 64.8 Å². The molecule has 0 spiro atoms. The average Bonchev–Trinajstić information content (AvgIpc) is 2.68. The zero-order chi connectivity index (χ0) is 12.7. The van der Waals surface area contributed by atoms with Crippen LogP contribution in [0.25, 0.3) is 16.9 Å². The van der Waals surface area contributed by atoms with Crippen molar-refractivity contribution in [3.63, 3.8) is 0 Å². The lowest BCUT2D eigenvalue weighted by atomic mass is 10.2. The molecule has 1 aromatic carbocycles. The molecule has 0 aliphatic heterocycles. The minimum Gasteiger partial charge on any atom is -0.508 e. The number of rotatable bonds is 1. The van der Waals surface area contributed by atoms with Crippen LogP contribution in [0.2, 0.25) is 0 Å². The maximum absolute atomic E-state index is 9.32. The maximum atomic E-state index is 9.32.